The molecule has 0 fully saturated rings. The van der Waals surface area contributed by atoms with Gasteiger partial charge in [-0.15, -0.1) is 0 Å². The van der Waals surface area contributed by atoms with Crippen molar-refractivity contribution in [1.82, 2.24) is 19.4 Å². The van der Waals surface area contributed by atoms with E-state index < -0.39 is 24.3 Å². The molecule has 4 rings (SSSR count). The predicted octanol–water partition coefficient (Wildman–Crippen LogP) is 4.39. The average molecular weight is 580 g/mol. The molecule has 218 valence electrons. The van der Waals surface area contributed by atoms with Crippen LogP contribution in [-0.2, 0) is 29.2 Å². The summed E-state index contributed by atoms with van der Waals surface area (Å²) in [5, 5.41) is 14.2. The molecular formula is C24H23F7N4O5. The summed E-state index contributed by atoms with van der Waals surface area (Å²) in [6.45, 7) is 3.57. The Labute approximate surface area is 222 Å². The normalized spacial score (nSPS) is 15.3. The Bertz CT molecular complexity index is 1210. The molecule has 1 atom stereocenters. The first kappa shape index (κ1) is 32.0. The Kier molecular flexibility index (Phi) is 11.4. The number of nitrogens with zero attached hydrogens (tertiary/aromatic N) is 4. The van der Waals surface area contributed by atoms with Gasteiger partial charge in [-0.2, -0.15) is 26.3 Å². The number of alkyl halides is 6. The molecule has 40 heavy (non-hydrogen) atoms. The second-order valence-corrected chi connectivity index (χ2v) is 8.27. The number of carboxylic acids is 2. The SMILES string of the molecule is Fc1ccccc1CN1Cc2cncn2CC(COc2cccnc2)C1.O=C(O)C(F)(F)F.O=C(O)C(F)(F)F. The van der Waals surface area contributed by atoms with Crippen molar-refractivity contribution in [2.24, 2.45) is 5.92 Å². The number of benzene rings is 1. The lowest BCUT2D eigenvalue weighted by molar-refractivity contribution is -0.193. The summed E-state index contributed by atoms with van der Waals surface area (Å²) in [5.41, 5.74) is 1.86. The first-order valence-electron chi connectivity index (χ1n) is 11.2. The van der Waals surface area contributed by atoms with Crippen LogP contribution in [-0.4, -0.2) is 67.1 Å². The van der Waals surface area contributed by atoms with Crippen LogP contribution >= 0.6 is 0 Å². The molecular weight excluding hydrogens is 557 g/mol. The van der Waals surface area contributed by atoms with Crippen LogP contribution in [0.1, 0.15) is 11.3 Å². The maximum atomic E-state index is 14.1. The summed E-state index contributed by atoms with van der Waals surface area (Å²) < 4.78 is 85.6. The van der Waals surface area contributed by atoms with Gasteiger partial charge in [-0.25, -0.2) is 19.0 Å². The lowest BCUT2D eigenvalue weighted by Gasteiger charge is -2.24. The summed E-state index contributed by atoms with van der Waals surface area (Å²) >= 11 is 0. The Morgan fingerprint density at radius 3 is 2.10 bits per heavy atom. The molecule has 0 radical (unpaired) electrons. The summed E-state index contributed by atoms with van der Waals surface area (Å²) in [5.74, 6) is -4.63. The molecule has 1 unspecified atom stereocenters. The van der Waals surface area contributed by atoms with Gasteiger partial charge in [0, 0.05) is 50.1 Å². The number of hydrogen-bond donors (Lipinski definition) is 2. The van der Waals surface area contributed by atoms with Crippen molar-refractivity contribution in [2.45, 2.75) is 32.0 Å². The van der Waals surface area contributed by atoms with Gasteiger partial charge >= 0.3 is 24.3 Å². The van der Waals surface area contributed by atoms with Gasteiger partial charge in [0.1, 0.15) is 11.6 Å². The molecule has 2 N–H and O–H groups in total. The first-order valence-corrected chi connectivity index (χ1v) is 11.2. The van der Waals surface area contributed by atoms with Crippen molar-refractivity contribution < 1.29 is 55.3 Å². The van der Waals surface area contributed by atoms with E-state index in [1.54, 1.807) is 18.5 Å². The molecule has 0 spiro atoms. The molecule has 0 bridgehead atoms. The molecule has 0 aliphatic carbocycles. The number of aromatic nitrogens is 3. The Morgan fingerprint density at radius 1 is 0.925 bits per heavy atom. The monoisotopic (exact) mass is 580 g/mol. The zero-order chi connectivity index (χ0) is 29.9. The van der Waals surface area contributed by atoms with E-state index in [9.17, 15) is 30.7 Å². The number of carbonyl (C=O) groups is 2. The number of hydrogen-bond acceptors (Lipinski definition) is 6. The number of imidazole rings is 1. The van der Waals surface area contributed by atoms with Gasteiger partial charge in [-0.1, -0.05) is 18.2 Å². The molecule has 0 amide bonds. The number of pyridine rings is 1. The summed E-state index contributed by atoms with van der Waals surface area (Å²) in [6, 6.07) is 10.7. The summed E-state index contributed by atoms with van der Waals surface area (Å²) in [7, 11) is 0. The molecule has 3 aromatic rings. The molecule has 1 aliphatic rings. The van der Waals surface area contributed by atoms with Crippen molar-refractivity contribution >= 4 is 11.9 Å². The van der Waals surface area contributed by atoms with Crippen LogP contribution in [0.15, 0.2) is 61.3 Å². The van der Waals surface area contributed by atoms with Gasteiger partial charge < -0.3 is 19.5 Å². The average Bonchev–Trinajstić information content (AvgIpc) is 3.23. The van der Waals surface area contributed by atoms with E-state index in [4.69, 9.17) is 24.5 Å². The fraction of sp³-hybridized carbons (Fsp3) is 0.333. The van der Waals surface area contributed by atoms with E-state index in [0.717, 1.165) is 31.1 Å². The van der Waals surface area contributed by atoms with Crippen LogP contribution in [0.5, 0.6) is 5.75 Å². The molecule has 0 saturated heterocycles. The highest BCUT2D eigenvalue weighted by Crippen LogP contribution is 2.21. The van der Waals surface area contributed by atoms with Crippen molar-refractivity contribution in [1.29, 1.82) is 0 Å². The van der Waals surface area contributed by atoms with Crippen molar-refractivity contribution in [2.75, 3.05) is 13.2 Å². The van der Waals surface area contributed by atoms with Crippen molar-refractivity contribution in [3.63, 3.8) is 0 Å². The number of ether oxygens (including phenoxy) is 1. The summed E-state index contributed by atoms with van der Waals surface area (Å²) in [6.07, 6.45) is -2.97. The fourth-order valence-electron chi connectivity index (χ4n) is 3.38. The highest BCUT2D eigenvalue weighted by molar-refractivity contribution is 5.73. The topological polar surface area (TPSA) is 118 Å². The number of rotatable bonds is 5. The lowest BCUT2D eigenvalue weighted by Crippen LogP contribution is -2.31. The van der Waals surface area contributed by atoms with E-state index >= 15 is 0 Å². The molecule has 3 heterocycles. The minimum Gasteiger partial charge on any atom is -0.492 e. The van der Waals surface area contributed by atoms with Gasteiger partial charge in [0.15, 0.2) is 0 Å². The predicted molar refractivity (Wildman–Crippen MR) is 123 cm³/mol. The van der Waals surface area contributed by atoms with Crippen molar-refractivity contribution in [3.8, 4) is 5.75 Å². The van der Waals surface area contributed by atoms with Crippen LogP contribution < -0.4 is 4.74 Å². The van der Waals surface area contributed by atoms with Gasteiger partial charge in [-0.05, 0) is 18.2 Å². The van der Waals surface area contributed by atoms with Crippen LogP contribution in [0.3, 0.4) is 0 Å². The van der Waals surface area contributed by atoms with Gasteiger partial charge in [0.05, 0.1) is 24.8 Å². The van der Waals surface area contributed by atoms with Crippen molar-refractivity contribution in [3.05, 3.63) is 78.4 Å². The second kappa shape index (κ2) is 14.3. The summed E-state index contributed by atoms with van der Waals surface area (Å²) in [4.78, 5) is 28.4. The maximum absolute atomic E-state index is 14.1. The number of carboxylic acid groups (broad SMARTS) is 2. The molecule has 1 aromatic carbocycles. The fourth-order valence-corrected chi connectivity index (χ4v) is 3.38. The molecule has 16 heteroatoms. The van der Waals surface area contributed by atoms with Gasteiger partial charge in [0.25, 0.3) is 0 Å². The third-order valence-corrected chi connectivity index (χ3v) is 5.11. The Morgan fingerprint density at radius 2 is 1.55 bits per heavy atom. The zero-order valence-electron chi connectivity index (χ0n) is 20.4. The highest BCUT2D eigenvalue weighted by atomic mass is 19.4. The van der Waals surface area contributed by atoms with E-state index in [1.807, 2.05) is 36.8 Å². The third-order valence-electron chi connectivity index (χ3n) is 5.11. The van der Waals surface area contributed by atoms with Crippen LogP contribution in [0, 0.1) is 11.7 Å². The van der Waals surface area contributed by atoms with E-state index in [0.29, 0.717) is 18.7 Å². The second-order valence-electron chi connectivity index (χ2n) is 8.27. The minimum atomic E-state index is -5.08. The first-order chi connectivity index (χ1) is 18.7. The third kappa shape index (κ3) is 10.9. The van der Waals surface area contributed by atoms with Crippen LogP contribution in [0.4, 0.5) is 30.7 Å². The molecule has 1 aliphatic heterocycles. The lowest BCUT2D eigenvalue weighted by atomic mass is 10.1. The Hall–Kier alpha value is -4.21. The van der Waals surface area contributed by atoms with Gasteiger partial charge in [-0.3, -0.25) is 9.88 Å². The number of halogens is 7. The van der Waals surface area contributed by atoms with Crippen LogP contribution in [0.25, 0.3) is 0 Å². The number of fused-ring (bicyclic) bond motifs is 1. The highest BCUT2D eigenvalue weighted by Gasteiger charge is 2.38. The maximum Gasteiger partial charge on any atom is 0.490 e. The van der Waals surface area contributed by atoms with Gasteiger partial charge in [0.2, 0.25) is 0 Å². The van der Waals surface area contributed by atoms with E-state index in [1.165, 1.54) is 6.07 Å². The van der Waals surface area contributed by atoms with E-state index in [-0.39, 0.29) is 11.7 Å². The molecule has 0 saturated carbocycles. The zero-order valence-corrected chi connectivity index (χ0v) is 20.4. The Balaban J connectivity index is 0.000000333. The number of aliphatic carboxylic acids is 2. The smallest absolute Gasteiger partial charge is 0.490 e. The molecule has 2 aromatic heterocycles. The minimum absolute atomic E-state index is 0.159. The standard InChI is InChI=1S/C20H21FN4O.2C2HF3O2/c21-20-6-2-1-4-17(20)12-24-10-16(11-25-15-23-8-18(25)13-24)14-26-19-5-3-7-22-9-19;2*3-2(4,5)1(6)7/h1-9,15-16H,10-14H2;2*(H,6,7). The largest absolute Gasteiger partial charge is 0.492 e. The molecule has 9 nitrogen and oxygen atoms in total. The van der Waals surface area contributed by atoms with E-state index in [2.05, 4.69) is 19.4 Å². The quantitative estimate of drug-likeness (QED) is 0.427. The van der Waals surface area contributed by atoms with Crippen LogP contribution in [0.2, 0.25) is 0 Å².